The molecule has 0 saturated carbocycles. The molecule has 3 aromatic rings. The Morgan fingerprint density at radius 1 is 1.16 bits per heavy atom. The third-order valence-electron chi connectivity index (χ3n) is 4.02. The largest absolute Gasteiger partial charge is 0.486 e. The van der Waals surface area contributed by atoms with Crippen LogP contribution in [0, 0.1) is 6.92 Å². The first-order valence-corrected chi connectivity index (χ1v) is 10.2. The van der Waals surface area contributed by atoms with Crippen LogP contribution in [-0.2, 0) is 24.4 Å². The van der Waals surface area contributed by atoms with E-state index in [9.17, 15) is 18.0 Å². The Hall–Kier alpha value is -3.14. The van der Waals surface area contributed by atoms with Gasteiger partial charge in [-0.3, -0.25) is 4.79 Å². The van der Waals surface area contributed by atoms with Gasteiger partial charge >= 0.3 is 6.18 Å². The van der Waals surface area contributed by atoms with Crippen molar-refractivity contribution < 1.29 is 27.4 Å². The highest BCUT2D eigenvalue weighted by Gasteiger charge is 2.29. The number of amides is 1. The number of nitrogens with zero attached hydrogens (tertiary/aromatic N) is 2. The molecular weight excluding hydrogens is 431 g/mol. The summed E-state index contributed by atoms with van der Waals surface area (Å²) in [6.45, 7) is 0.835. The van der Waals surface area contributed by atoms with Gasteiger partial charge in [0.2, 0.25) is 11.8 Å². The zero-order valence-corrected chi connectivity index (χ0v) is 17.4. The van der Waals surface area contributed by atoms with E-state index < -0.39 is 12.8 Å². The van der Waals surface area contributed by atoms with Crippen LogP contribution in [0.5, 0.6) is 11.6 Å². The van der Waals surface area contributed by atoms with Gasteiger partial charge in [0, 0.05) is 23.7 Å². The summed E-state index contributed by atoms with van der Waals surface area (Å²) in [7, 11) is 0. The van der Waals surface area contributed by atoms with E-state index in [0.29, 0.717) is 17.9 Å². The highest BCUT2D eigenvalue weighted by molar-refractivity contribution is 7.09. The van der Waals surface area contributed by atoms with Gasteiger partial charge in [-0.1, -0.05) is 23.8 Å². The number of hydrogen-bond acceptors (Lipinski definition) is 6. The molecule has 164 valence electrons. The number of carbonyl (C=O) groups excluding carboxylic acids is 1. The molecule has 31 heavy (non-hydrogen) atoms. The minimum Gasteiger partial charge on any atom is -0.486 e. The van der Waals surface area contributed by atoms with E-state index in [-0.39, 0.29) is 24.8 Å². The molecule has 3 rings (SSSR count). The van der Waals surface area contributed by atoms with Crippen molar-refractivity contribution in [2.45, 2.75) is 32.7 Å². The highest BCUT2D eigenvalue weighted by Crippen LogP contribution is 2.20. The molecule has 0 spiro atoms. The molecule has 0 unspecified atom stereocenters. The van der Waals surface area contributed by atoms with Crippen LogP contribution in [0.1, 0.15) is 21.8 Å². The van der Waals surface area contributed by atoms with E-state index in [1.807, 2.05) is 31.2 Å². The molecule has 10 heteroatoms. The zero-order chi connectivity index (χ0) is 22.3. The van der Waals surface area contributed by atoms with Gasteiger partial charge in [-0.2, -0.15) is 13.2 Å². The van der Waals surface area contributed by atoms with Crippen molar-refractivity contribution in [3.8, 4) is 11.6 Å². The van der Waals surface area contributed by atoms with Crippen molar-refractivity contribution in [1.29, 1.82) is 0 Å². The lowest BCUT2D eigenvalue weighted by Crippen LogP contribution is -2.26. The Morgan fingerprint density at radius 2 is 1.94 bits per heavy atom. The minimum atomic E-state index is -4.47. The molecule has 0 aliphatic carbocycles. The topological polar surface area (TPSA) is 73.3 Å². The lowest BCUT2D eigenvalue weighted by atomic mass is 10.2. The summed E-state index contributed by atoms with van der Waals surface area (Å²) in [6, 6.07) is 10.8. The molecule has 0 aliphatic heterocycles. The molecule has 1 N–H and O–H groups in total. The Bertz CT molecular complexity index is 1010. The summed E-state index contributed by atoms with van der Waals surface area (Å²) in [5.41, 5.74) is 2.08. The van der Waals surface area contributed by atoms with Crippen molar-refractivity contribution in [3.05, 3.63) is 69.8 Å². The molecule has 0 saturated heterocycles. The van der Waals surface area contributed by atoms with Gasteiger partial charge in [-0.05, 0) is 25.1 Å². The van der Waals surface area contributed by atoms with Crippen LogP contribution in [0.4, 0.5) is 13.2 Å². The Kier molecular flexibility index (Phi) is 7.45. The van der Waals surface area contributed by atoms with Crippen LogP contribution < -0.4 is 14.8 Å². The zero-order valence-electron chi connectivity index (χ0n) is 16.6. The number of aryl methyl sites for hydroxylation is 1. The van der Waals surface area contributed by atoms with Crippen molar-refractivity contribution in [1.82, 2.24) is 15.3 Å². The smallest absolute Gasteiger partial charge is 0.422 e. The van der Waals surface area contributed by atoms with Gasteiger partial charge in [0.15, 0.2) is 6.61 Å². The summed E-state index contributed by atoms with van der Waals surface area (Å²) in [6.07, 6.45) is -3.10. The number of hydrogen-bond donors (Lipinski definition) is 1. The van der Waals surface area contributed by atoms with Crippen molar-refractivity contribution in [2.75, 3.05) is 6.61 Å². The summed E-state index contributed by atoms with van der Waals surface area (Å²) < 4.78 is 47.5. The van der Waals surface area contributed by atoms with Gasteiger partial charge in [0.05, 0.1) is 12.1 Å². The number of alkyl halides is 3. The Balaban J connectivity index is 1.48. The van der Waals surface area contributed by atoms with Gasteiger partial charge in [-0.15, -0.1) is 11.3 Å². The fourth-order valence-corrected chi connectivity index (χ4v) is 3.24. The molecule has 2 heterocycles. The number of thiazole rings is 1. The number of nitrogens with one attached hydrogen (secondary N) is 1. The van der Waals surface area contributed by atoms with E-state index in [1.165, 1.54) is 17.5 Å². The fourth-order valence-electron chi connectivity index (χ4n) is 2.54. The van der Waals surface area contributed by atoms with Crippen molar-refractivity contribution >= 4 is 17.2 Å². The number of pyridine rings is 1. The van der Waals surface area contributed by atoms with Crippen LogP contribution in [0.25, 0.3) is 0 Å². The second kappa shape index (κ2) is 10.3. The van der Waals surface area contributed by atoms with E-state index in [4.69, 9.17) is 9.47 Å². The second-order valence-corrected chi connectivity index (χ2v) is 7.60. The third-order valence-corrected chi connectivity index (χ3v) is 4.89. The van der Waals surface area contributed by atoms with Gasteiger partial charge in [0.25, 0.3) is 0 Å². The van der Waals surface area contributed by atoms with Crippen molar-refractivity contribution in [2.24, 2.45) is 0 Å². The predicted octanol–water partition coefficient (Wildman–Crippen LogP) is 4.23. The van der Waals surface area contributed by atoms with E-state index in [1.54, 1.807) is 17.5 Å². The lowest BCUT2D eigenvalue weighted by Gasteiger charge is -2.12. The molecule has 0 radical (unpaired) electrons. The lowest BCUT2D eigenvalue weighted by molar-refractivity contribution is -0.154. The standard InChI is InChI=1S/C21H20F3N3O3S/c1-14-4-6-17(7-5-14)29-11-19-27-16(12-31-19)9-18(28)26-10-15-3-2-8-25-20(15)30-13-21(22,23)24/h2-8,12H,9-11,13H2,1H3,(H,26,28). The van der Waals surface area contributed by atoms with Gasteiger partial charge < -0.3 is 14.8 Å². The van der Waals surface area contributed by atoms with E-state index >= 15 is 0 Å². The van der Waals surface area contributed by atoms with Crippen molar-refractivity contribution in [3.63, 3.8) is 0 Å². The molecule has 0 aliphatic rings. The number of benzene rings is 1. The molecule has 0 atom stereocenters. The molecule has 0 fully saturated rings. The minimum absolute atomic E-state index is 0.00655. The van der Waals surface area contributed by atoms with Crippen LogP contribution in [0.3, 0.4) is 0 Å². The van der Waals surface area contributed by atoms with E-state index in [0.717, 1.165) is 16.3 Å². The maximum Gasteiger partial charge on any atom is 0.422 e. The number of ether oxygens (including phenoxy) is 2. The summed E-state index contributed by atoms with van der Waals surface area (Å²) >= 11 is 1.39. The third kappa shape index (κ3) is 7.56. The summed E-state index contributed by atoms with van der Waals surface area (Å²) in [4.78, 5) is 20.4. The van der Waals surface area contributed by atoms with Gasteiger partial charge in [0.1, 0.15) is 17.4 Å². The summed E-state index contributed by atoms with van der Waals surface area (Å²) in [5, 5.41) is 5.16. The first-order chi connectivity index (χ1) is 14.8. The van der Waals surface area contributed by atoms with Gasteiger partial charge in [-0.25, -0.2) is 9.97 Å². The monoisotopic (exact) mass is 451 g/mol. The molecule has 0 bridgehead atoms. The number of aromatic nitrogens is 2. The summed E-state index contributed by atoms with van der Waals surface area (Å²) in [5.74, 6) is 0.256. The van der Waals surface area contributed by atoms with Crippen LogP contribution in [0.15, 0.2) is 48.0 Å². The average Bonchev–Trinajstić information content (AvgIpc) is 3.17. The maximum atomic E-state index is 12.4. The molecule has 6 nitrogen and oxygen atoms in total. The van der Waals surface area contributed by atoms with Crippen LogP contribution in [-0.4, -0.2) is 28.7 Å². The highest BCUT2D eigenvalue weighted by atomic mass is 32.1. The number of halogens is 3. The fraction of sp³-hybridized carbons (Fsp3) is 0.286. The Labute approximate surface area is 181 Å². The van der Waals surface area contributed by atoms with E-state index in [2.05, 4.69) is 15.3 Å². The predicted molar refractivity (Wildman–Crippen MR) is 109 cm³/mol. The average molecular weight is 451 g/mol. The van der Waals surface area contributed by atoms with Crippen LogP contribution in [0.2, 0.25) is 0 Å². The molecule has 1 amide bonds. The second-order valence-electron chi connectivity index (χ2n) is 6.66. The number of carbonyl (C=O) groups is 1. The normalized spacial score (nSPS) is 11.2. The molecule has 2 aromatic heterocycles. The number of rotatable bonds is 9. The SMILES string of the molecule is Cc1ccc(OCc2nc(CC(=O)NCc3cccnc3OCC(F)(F)F)cs2)cc1. The quantitative estimate of drug-likeness (QED) is 0.527. The molecule has 1 aromatic carbocycles. The van der Waals surface area contributed by atoms with Crippen LogP contribution >= 0.6 is 11.3 Å². The molecular formula is C21H20F3N3O3S. The first kappa shape index (κ1) is 22.5. The Morgan fingerprint density at radius 3 is 2.68 bits per heavy atom. The maximum absolute atomic E-state index is 12.4. The first-order valence-electron chi connectivity index (χ1n) is 9.31.